The Morgan fingerprint density at radius 1 is 1.27 bits per heavy atom. The number of phenols is 1. The second-order valence-corrected chi connectivity index (χ2v) is 6.78. The summed E-state index contributed by atoms with van der Waals surface area (Å²) >= 11 is 0. The minimum atomic E-state index is -0.0836. The summed E-state index contributed by atoms with van der Waals surface area (Å²) in [5.74, 6) is 0.103. The molecule has 0 spiro atoms. The van der Waals surface area contributed by atoms with Crippen LogP contribution in [0.15, 0.2) is 18.2 Å². The first-order chi connectivity index (χ1) is 10.3. The highest BCUT2D eigenvalue weighted by Crippen LogP contribution is 2.18. The Morgan fingerprint density at radius 3 is 2.50 bits per heavy atom. The number of carbonyl (C=O) groups excluding carboxylic acids is 1. The maximum Gasteiger partial charge on any atom is 0.251 e. The van der Waals surface area contributed by atoms with Gasteiger partial charge in [-0.25, -0.2) is 0 Å². The predicted octanol–water partition coefficient (Wildman–Crippen LogP) is 1.46. The van der Waals surface area contributed by atoms with Crippen molar-refractivity contribution in [2.45, 2.75) is 26.3 Å². The van der Waals surface area contributed by atoms with Gasteiger partial charge in [0.15, 0.2) is 0 Å². The van der Waals surface area contributed by atoms with Crippen molar-refractivity contribution in [1.82, 2.24) is 15.1 Å². The molecule has 1 aliphatic heterocycles. The Bertz CT molecular complexity index is 535. The van der Waals surface area contributed by atoms with E-state index in [1.54, 1.807) is 18.2 Å². The molecule has 2 N–H and O–H groups in total. The van der Waals surface area contributed by atoms with E-state index in [1.165, 1.54) is 0 Å². The van der Waals surface area contributed by atoms with Crippen LogP contribution in [0.2, 0.25) is 0 Å². The highest BCUT2D eigenvalue weighted by molar-refractivity contribution is 5.95. The SMILES string of the molecule is Cc1cc(O)ccc1C(=O)NCC(C)(C)N1CCN(C)CC1. The van der Waals surface area contributed by atoms with E-state index < -0.39 is 0 Å². The van der Waals surface area contributed by atoms with E-state index in [2.05, 4.69) is 36.0 Å². The molecule has 1 aromatic rings. The van der Waals surface area contributed by atoms with Gasteiger partial charge in [-0.15, -0.1) is 0 Å². The van der Waals surface area contributed by atoms with Crippen molar-refractivity contribution in [2.75, 3.05) is 39.8 Å². The summed E-state index contributed by atoms with van der Waals surface area (Å²) in [4.78, 5) is 17.1. The summed E-state index contributed by atoms with van der Waals surface area (Å²) in [5, 5.41) is 12.5. The number of rotatable bonds is 4. The third kappa shape index (κ3) is 3.99. The number of aromatic hydroxyl groups is 1. The minimum absolute atomic E-state index is 0.0677. The van der Waals surface area contributed by atoms with Gasteiger partial charge < -0.3 is 15.3 Å². The molecule has 0 aliphatic carbocycles. The number of hydrogen-bond donors (Lipinski definition) is 2. The highest BCUT2D eigenvalue weighted by atomic mass is 16.3. The average molecular weight is 305 g/mol. The van der Waals surface area contributed by atoms with E-state index in [1.807, 2.05) is 6.92 Å². The Morgan fingerprint density at radius 2 is 1.91 bits per heavy atom. The van der Waals surface area contributed by atoms with Crippen molar-refractivity contribution in [3.63, 3.8) is 0 Å². The minimum Gasteiger partial charge on any atom is -0.508 e. The van der Waals surface area contributed by atoms with Crippen LogP contribution in [0.1, 0.15) is 29.8 Å². The van der Waals surface area contributed by atoms with Crippen LogP contribution in [0, 0.1) is 6.92 Å². The topological polar surface area (TPSA) is 55.8 Å². The quantitative estimate of drug-likeness (QED) is 0.884. The standard InChI is InChI=1S/C17H27N3O2/c1-13-11-14(21)5-6-15(13)16(22)18-12-17(2,3)20-9-7-19(4)8-10-20/h5-6,11,21H,7-10,12H2,1-4H3,(H,18,22). The van der Waals surface area contributed by atoms with E-state index in [0.717, 1.165) is 31.7 Å². The normalized spacial score (nSPS) is 17.5. The second kappa shape index (κ2) is 6.67. The summed E-state index contributed by atoms with van der Waals surface area (Å²) < 4.78 is 0. The van der Waals surface area contributed by atoms with Crippen molar-refractivity contribution in [1.29, 1.82) is 0 Å². The fourth-order valence-electron chi connectivity index (χ4n) is 2.82. The third-order valence-electron chi connectivity index (χ3n) is 4.50. The van der Waals surface area contributed by atoms with Gasteiger partial charge in [0.05, 0.1) is 0 Å². The molecule has 0 unspecified atom stereocenters. The zero-order valence-corrected chi connectivity index (χ0v) is 14.0. The van der Waals surface area contributed by atoms with Crippen LogP contribution in [-0.2, 0) is 0 Å². The number of nitrogens with zero attached hydrogens (tertiary/aromatic N) is 2. The van der Waals surface area contributed by atoms with E-state index >= 15 is 0 Å². The van der Waals surface area contributed by atoms with Crippen LogP contribution < -0.4 is 5.32 Å². The van der Waals surface area contributed by atoms with Crippen molar-refractivity contribution < 1.29 is 9.90 Å². The molecule has 22 heavy (non-hydrogen) atoms. The lowest BCUT2D eigenvalue weighted by Gasteiger charge is -2.43. The van der Waals surface area contributed by atoms with Crippen LogP contribution in [0.5, 0.6) is 5.75 Å². The summed E-state index contributed by atoms with van der Waals surface area (Å²) in [5.41, 5.74) is 1.34. The van der Waals surface area contributed by atoms with Gasteiger partial charge in [0.25, 0.3) is 5.91 Å². The Labute approximate surface area is 132 Å². The maximum absolute atomic E-state index is 12.3. The summed E-state index contributed by atoms with van der Waals surface area (Å²) in [7, 11) is 2.14. The summed E-state index contributed by atoms with van der Waals surface area (Å²) in [6.45, 7) is 11.0. The van der Waals surface area contributed by atoms with E-state index in [4.69, 9.17) is 0 Å². The van der Waals surface area contributed by atoms with Crippen molar-refractivity contribution in [2.24, 2.45) is 0 Å². The van der Waals surface area contributed by atoms with E-state index in [0.29, 0.717) is 12.1 Å². The van der Waals surface area contributed by atoms with E-state index in [9.17, 15) is 9.90 Å². The molecular weight excluding hydrogens is 278 g/mol. The number of hydrogen-bond acceptors (Lipinski definition) is 4. The van der Waals surface area contributed by atoms with Crippen molar-refractivity contribution in [3.05, 3.63) is 29.3 Å². The molecular formula is C17H27N3O2. The Kier molecular flexibility index (Phi) is 5.08. The number of likely N-dealkylation sites (N-methyl/N-ethyl adjacent to an activating group) is 1. The molecule has 0 atom stereocenters. The van der Waals surface area contributed by atoms with Gasteiger partial charge in [0.1, 0.15) is 5.75 Å². The molecule has 1 heterocycles. The first-order valence-electron chi connectivity index (χ1n) is 7.81. The lowest BCUT2D eigenvalue weighted by atomic mass is 10.0. The molecule has 1 aromatic carbocycles. The number of phenolic OH excluding ortho intramolecular Hbond substituents is 1. The highest BCUT2D eigenvalue weighted by Gasteiger charge is 2.29. The average Bonchev–Trinajstić information content (AvgIpc) is 2.45. The molecule has 5 heteroatoms. The number of benzene rings is 1. The lowest BCUT2D eigenvalue weighted by Crippen LogP contribution is -2.57. The first kappa shape index (κ1) is 16.8. The maximum atomic E-state index is 12.3. The van der Waals surface area contributed by atoms with Gasteiger partial charge in [-0.2, -0.15) is 0 Å². The molecule has 2 rings (SSSR count). The fourth-order valence-corrected chi connectivity index (χ4v) is 2.82. The van der Waals surface area contributed by atoms with Crippen LogP contribution in [-0.4, -0.2) is 66.1 Å². The van der Waals surface area contributed by atoms with Crippen LogP contribution >= 0.6 is 0 Å². The van der Waals surface area contributed by atoms with Gasteiger partial charge in [0, 0.05) is 43.8 Å². The van der Waals surface area contributed by atoms with Crippen molar-refractivity contribution in [3.8, 4) is 5.75 Å². The monoisotopic (exact) mass is 305 g/mol. The fraction of sp³-hybridized carbons (Fsp3) is 0.588. The third-order valence-corrected chi connectivity index (χ3v) is 4.50. The van der Waals surface area contributed by atoms with Gasteiger partial charge in [0.2, 0.25) is 0 Å². The zero-order valence-electron chi connectivity index (χ0n) is 14.0. The predicted molar refractivity (Wildman–Crippen MR) is 88.3 cm³/mol. The lowest BCUT2D eigenvalue weighted by molar-refractivity contribution is 0.0588. The Balaban J connectivity index is 1.94. The molecule has 0 bridgehead atoms. The molecule has 0 saturated carbocycles. The number of carbonyl (C=O) groups is 1. The first-order valence-corrected chi connectivity index (χ1v) is 7.81. The van der Waals surface area contributed by atoms with E-state index in [-0.39, 0.29) is 17.2 Å². The second-order valence-electron chi connectivity index (χ2n) is 6.78. The van der Waals surface area contributed by atoms with Crippen molar-refractivity contribution >= 4 is 5.91 Å². The number of piperazine rings is 1. The smallest absolute Gasteiger partial charge is 0.251 e. The largest absolute Gasteiger partial charge is 0.508 e. The molecule has 122 valence electrons. The molecule has 1 fully saturated rings. The number of nitrogens with one attached hydrogen (secondary N) is 1. The van der Waals surface area contributed by atoms with Gasteiger partial charge >= 0.3 is 0 Å². The summed E-state index contributed by atoms with van der Waals surface area (Å²) in [6.07, 6.45) is 0. The molecule has 5 nitrogen and oxygen atoms in total. The van der Waals surface area contributed by atoms with Gasteiger partial charge in [-0.1, -0.05) is 0 Å². The number of amides is 1. The molecule has 0 radical (unpaired) electrons. The zero-order chi connectivity index (χ0) is 16.3. The molecule has 1 aliphatic rings. The molecule has 1 amide bonds. The van der Waals surface area contributed by atoms with Crippen LogP contribution in [0.4, 0.5) is 0 Å². The molecule has 0 aromatic heterocycles. The van der Waals surface area contributed by atoms with Crippen LogP contribution in [0.3, 0.4) is 0 Å². The van der Waals surface area contributed by atoms with Crippen LogP contribution in [0.25, 0.3) is 0 Å². The van der Waals surface area contributed by atoms with Gasteiger partial charge in [-0.3, -0.25) is 9.69 Å². The summed E-state index contributed by atoms with van der Waals surface area (Å²) in [6, 6.07) is 4.83. The molecule has 1 saturated heterocycles. The Hall–Kier alpha value is -1.59. The number of aryl methyl sites for hydroxylation is 1. The van der Waals surface area contributed by atoms with Gasteiger partial charge in [-0.05, 0) is 51.6 Å².